The van der Waals surface area contributed by atoms with Crippen LogP contribution in [0.5, 0.6) is 0 Å². The Balaban J connectivity index is 0.00000225. The minimum Gasteiger partial charge on any atom is -0.334 e. The number of nitrogens with zero attached hydrogens (tertiary/aromatic N) is 2. The van der Waals surface area contributed by atoms with Gasteiger partial charge in [0.25, 0.3) is 0 Å². The first kappa shape index (κ1) is 18.1. The maximum atomic E-state index is 12.7. The number of rotatable bonds is 5. The maximum Gasteiger partial charge on any atom is 0.311 e. The molecular formula is C18H14ClN3O3. The molecule has 1 heterocycles. The van der Waals surface area contributed by atoms with Gasteiger partial charge in [0.2, 0.25) is 5.82 Å². The molecule has 0 saturated heterocycles. The van der Waals surface area contributed by atoms with E-state index in [9.17, 15) is 14.9 Å². The standard InChI is InChI=1S/C18H13N3O3.ClH/c22-17(13-7-2-1-3-8-13)14-9-4-5-10-15(14)20-18-16(21(23)24)11-6-12-19-18;/h1-12H,(H,19,20);1H. The van der Waals surface area contributed by atoms with Crippen LogP contribution in [0.1, 0.15) is 15.9 Å². The molecule has 0 bridgehead atoms. The Hall–Kier alpha value is -3.25. The van der Waals surface area contributed by atoms with Crippen molar-refractivity contribution in [3.05, 3.63) is 94.2 Å². The molecule has 0 fully saturated rings. The number of anilines is 2. The molecule has 7 heteroatoms. The highest BCUT2D eigenvalue weighted by Crippen LogP contribution is 2.27. The molecule has 0 unspecified atom stereocenters. The van der Waals surface area contributed by atoms with Crippen LogP contribution in [0.3, 0.4) is 0 Å². The summed E-state index contributed by atoms with van der Waals surface area (Å²) in [5.74, 6) is -0.0758. The number of benzene rings is 2. The van der Waals surface area contributed by atoms with Crippen molar-refractivity contribution >= 4 is 35.4 Å². The average Bonchev–Trinajstić information content (AvgIpc) is 2.62. The molecule has 0 aliphatic carbocycles. The van der Waals surface area contributed by atoms with Gasteiger partial charge in [-0.2, -0.15) is 0 Å². The minimum absolute atomic E-state index is 0. The fourth-order valence-corrected chi connectivity index (χ4v) is 2.30. The van der Waals surface area contributed by atoms with Gasteiger partial charge in [-0.25, -0.2) is 4.98 Å². The summed E-state index contributed by atoms with van der Waals surface area (Å²) in [7, 11) is 0. The molecule has 1 N–H and O–H groups in total. The Bertz CT molecular complexity index is 901. The van der Waals surface area contributed by atoms with Gasteiger partial charge in [0, 0.05) is 23.4 Å². The van der Waals surface area contributed by atoms with Gasteiger partial charge in [-0.1, -0.05) is 42.5 Å². The van der Waals surface area contributed by atoms with Gasteiger partial charge in [-0.3, -0.25) is 14.9 Å². The van der Waals surface area contributed by atoms with Crippen molar-refractivity contribution in [2.24, 2.45) is 0 Å². The highest BCUT2D eigenvalue weighted by molar-refractivity contribution is 6.12. The Morgan fingerprint density at radius 2 is 1.64 bits per heavy atom. The van der Waals surface area contributed by atoms with Crippen LogP contribution in [0.2, 0.25) is 0 Å². The van der Waals surface area contributed by atoms with E-state index in [0.717, 1.165) is 0 Å². The second kappa shape index (κ2) is 8.03. The van der Waals surface area contributed by atoms with Crippen molar-refractivity contribution in [1.29, 1.82) is 0 Å². The number of aromatic nitrogens is 1. The zero-order valence-electron chi connectivity index (χ0n) is 13.0. The number of carbonyl (C=O) groups excluding carboxylic acids is 1. The lowest BCUT2D eigenvalue weighted by Crippen LogP contribution is -2.07. The Kier molecular flexibility index (Phi) is 5.81. The minimum atomic E-state index is -0.517. The molecule has 0 aliphatic heterocycles. The van der Waals surface area contributed by atoms with Crippen molar-refractivity contribution < 1.29 is 9.72 Å². The topological polar surface area (TPSA) is 85.1 Å². The van der Waals surface area contributed by atoms with E-state index >= 15 is 0 Å². The van der Waals surface area contributed by atoms with Crippen LogP contribution >= 0.6 is 12.4 Å². The number of para-hydroxylation sites is 1. The molecule has 126 valence electrons. The number of nitro groups is 1. The van der Waals surface area contributed by atoms with Crippen molar-refractivity contribution in [3.8, 4) is 0 Å². The highest BCUT2D eigenvalue weighted by Gasteiger charge is 2.18. The van der Waals surface area contributed by atoms with Crippen molar-refractivity contribution in [2.45, 2.75) is 0 Å². The maximum absolute atomic E-state index is 12.7. The largest absolute Gasteiger partial charge is 0.334 e. The Morgan fingerprint density at radius 1 is 0.960 bits per heavy atom. The third kappa shape index (κ3) is 3.99. The molecule has 25 heavy (non-hydrogen) atoms. The predicted octanol–water partition coefficient (Wildman–Crippen LogP) is 4.39. The Labute approximate surface area is 150 Å². The van der Waals surface area contributed by atoms with E-state index < -0.39 is 4.92 Å². The smallest absolute Gasteiger partial charge is 0.311 e. The quantitative estimate of drug-likeness (QED) is 0.417. The zero-order valence-corrected chi connectivity index (χ0v) is 13.8. The summed E-state index contributed by atoms with van der Waals surface area (Å²) in [4.78, 5) is 27.3. The molecular weight excluding hydrogens is 342 g/mol. The van der Waals surface area contributed by atoms with Crippen molar-refractivity contribution in [2.75, 3.05) is 5.32 Å². The SMILES string of the molecule is Cl.O=C(c1ccccc1)c1ccccc1Nc1ncccc1[N+](=O)[O-]. The van der Waals surface area contributed by atoms with Crippen molar-refractivity contribution in [1.82, 2.24) is 4.98 Å². The number of carbonyl (C=O) groups is 1. The monoisotopic (exact) mass is 355 g/mol. The summed E-state index contributed by atoms with van der Waals surface area (Å²) in [6, 6.07) is 18.6. The van der Waals surface area contributed by atoms with Gasteiger partial charge in [-0.05, 0) is 18.2 Å². The van der Waals surface area contributed by atoms with E-state index in [2.05, 4.69) is 10.3 Å². The van der Waals surface area contributed by atoms with E-state index in [1.807, 2.05) is 6.07 Å². The van der Waals surface area contributed by atoms with Gasteiger partial charge in [0.15, 0.2) is 5.78 Å². The molecule has 6 nitrogen and oxygen atoms in total. The van der Waals surface area contributed by atoms with Crippen LogP contribution in [0, 0.1) is 10.1 Å². The van der Waals surface area contributed by atoms with Crippen LogP contribution in [-0.2, 0) is 0 Å². The lowest BCUT2D eigenvalue weighted by atomic mass is 10.0. The summed E-state index contributed by atoms with van der Waals surface area (Å²) in [6.07, 6.45) is 1.46. The van der Waals surface area contributed by atoms with Gasteiger partial charge in [0.1, 0.15) is 0 Å². The zero-order chi connectivity index (χ0) is 16.9. The van der Waals surface area contributed by atoms with Crippen LogP contribution in [0.25, 0.3) is 0 Å². The van der Waals surface area contributed by atoms with Gasteiger partial charge >= 0.3 is 5.69 Å². The molecule has 3 rings (SSSR count). The molecule has 0 saturated carbocycles. The first-order valence-corrected chi connectivity index (χ1v) is 7.22. The van der Waals surface area contributed by atoms with Crippen LogP contribution in [0.4, 0.5) is 17.2 Å². The lowest BCUT2D eigenvalue weighted by molar-refractivity contribution is -0.384. The normalized spacial score (nSPS) is 9.76. The summed E-state index contributed by atoms with van der Waals surface area (Å²) in [6.45, 7) is 0. The van der Waals surface area contributed by atoms with E-state index in [4.69, 9.17) is 0 Å². The fourth-order valence-electron chi connectivity index (χ4n) is 2.30. The third-order valence-electron chi connectivity index (χ3n) is 3.44. The van der Waals surface area contributed by atoms with Gasteiger partial charge in [0.05, 0.1) is 10.6 Å². The molecule has 2 aromatic carbocycles. The molecule has 3 aromatic rings. The number of nitrogens with one attached hydrogen (secondary N) is 1. The first-order chi connectivity index (χ1) is 11.7. The number of halogens is 1. The highest BCUT2D eigenvalue weighted by atomic mass is 35.5. The lowest BCUT2D eigenvalue weighted by Gasteiger charge is -2.11. The van der Waals surface area contributed by atoms with Gasteiger partial charge in [-0.15, -0.1) is 12.4 Å². The van der Waals surface area contributed by atoms with Crippen LogP contribution in [-0.4, -0.2) is 15.7 Å². The number of ketones is 1. The molecule has 0 radical (unpaired) electrons. The van der Waals surface area contributed by atoms with E-state index in [-0.39, 0.29) is 29.7 Å². The van der Waals surface area contributed by atoms with E-state index in [1.54, 1.807) is 48.5 Å². The molecule has 0 amide bonds. The first-order valence-electron chi connectivity index (χ1n) is 7.22. The second-order valence-corrected chi connectivity index (χ2v) is 4.99. The second-order valence-electron chi connectivity index (χ2n) is 4.99. The molecule has 0 aliphatic rings. The van der Waals surface area contributed by atoms with Crippen LogP contribution < -0.4 is 5.32 Å². The number of pyridine rings is 1. The van der Waals surface area contributed by atoms with E-state index in [1.165, 1.54) is 18.3 Å². The van der Waals surface area contributed by atoms with Crippen LogP contribution in [0.15, 0.2) is 72.9 Å². The summed E-state index contributed by atoms with van der Waals surface area (Å²) < 4.78 is 0. The summed E-state index contributed by atoms with van der Waals surface area (Å²) >= 11 is 0. The van der Waals surface area contributed by atoms with E-state index in [0.29, 0.717) is 16.8 Å². The molecule has 0 spiro atoms. The predicted molar refractivity (Wildman–Crippen MR) is 97.7 cm³/mol. The molecule has 1 aromatic heterocycles. The Morgan fingerprint density at radius 3 is 2.36 bits per heavy atom. The van der Waals surface area contributed by atoms with Gasteiger partial charge < -0.3 is 5.32 Å². The molecule has 0 atom stereocenters. The third-order valence-corrected chi connectivity index (χ3v) is 3.44. The summed E-state index contributed by atoms with van der Waals surface area (Å²) in [5, 5.41) is 14.0. The van der Waals surface area contributed by atoms with Crippen molar-refractivity contribution in [3.63, 3.8) is 0 Å². The fraction of sp³-hybridized carbons (Fsp3) is 0. The number of hydrogen-bond donors (Lipinski definition) is 1. The average molecular weight is 356 g/mol. The number of hydrogen-bond acceptors (Lipinski definition) is 5. The summed E-state index contributed by atoms with van der Waals surface area (Å²) in [5.41, 5.74) is 1.28.